The van der Waals surface area contributed by atoms with Crippen molar-refractivity contribution in [3.8, 4) is 5.75 Å². The molecule has 4 heteroatoms. The van der Waals surface area contributed by atoms with E-state index < -0.39 is 5.97 Å². The Morgan fingerprint density at radius 3 is 2.59 bits per heavy atom. The van der Waals surface area contributed by atoms with E-state index in [-0.39, 0.29) is 6.42 Å². The standard InChI is InChI=1S/C18H19BrO3/c19-16-9-10-17(15(13-16)8-11-18(20)21)22-12-4-7-14-5-2-1-3-6-14/h1-3,5-6,9-10,13H,4,7-8,11-12H2,(H,20,21). The van der Waals surface area contributed by atoms with E-state index in [4.69, 9.17) is 9.84 Å². The molecule has 2 aromatic rings. The molecule has 0 saturated carbocycles. The number of carbonyl (C=O) groups is 1. The molecule has 22 heavy (non-hydrogen) atoms. The van der Waals surface area contributed by atoms with E-state index in [0.29, 0.717) is 13.0 Å². The molecule has 3 nitrogen and oxygen atoms in total. The second-order valence-electron chi connectivity index (χ2n) is 5.08. The third kappa shape index (κ3) is 5.53. The molecule has 0 atom stereocenters. The fraction of sp³-hybridized carbons (Fsp3) is 0.278. The van der Waals surface area contributed by atoms with E-state index in [0.717, 1.165) is 28.6 Å². The SMILES string of the molecule is O=C(O)CCc1cc(Br)ccc1OCCCc1ccccc1. The molecule has 1 N–H and O–H groups in total. The summed E-state index contributed by atoms with van der Waals surface area (Å²) in [6, 6.07) is 16.0. The maximum atomic E-state index is 10.7. The predicted octanol–water partition coefficient (Wildman–Crippen LogP) is 4.48. The first-order valence-electron chi connectivity index (χ1n) is 7.32. The quantitative estimate of drug-likeness (QED) is 0.704. The molecule has 2 rings (SSSR count). The van der Waals surface area contributed by atoms with Crippen LogP contribution in [0.3, 0.4) is 0 Å². The van der Waals surface area contributed by atoms with E-state index in [1.54, 1.807) is 0 Å². The number of hydrogen-bond acceptors (Lipinski definition) is 2. The van der Waals surface area contributed by atoms with Gasteiger partial charge in [-0.2, -0.15) is 0 Å². The lowest BCUT2D eigenvalue weighted by atomic mass is 10.1. The van der Waals surface area contributed by atoms with Gasteiger partial charge < -0.3 is 9.84 Å². The van der Waals surface area contributed by atoms with Crippen LogP contribution in [0.15, 0.2) is 53.0 Å². The van der Waals surface area contributed by atoms with Crippen molar-refractivity contribution < 1.29 is 14.6 Å². The maximum absolute atomic E-state index is 10.7. The number of hydrogen-bond donors (Lipinski definition) is 1. The highest BCUT2D eigenvalue weighted by Gasteiger charge is 2.07. The topological polar surface area (TPSA) is 46.5 Å². The summed E-state index contributed by atoms with van der Waals surface area (Å²) in [4.78, 5) is 10.7. The van der Waals surface area contributed by atoms with Crippen molar-refractivity contribution >= 4 is 21.9 Å². The molecule has 0 unspecified atom stereocenters. The highest BCUT2D eigenvalue weighted by atomic mass is 79.9. The van der Waals surface area contributed by atoms with Gasteiger partial charge in [-0.1, -0.05) is 46.3 Å². The first-order valence-corrected chi connectivity index (χ1v) is 8.11. The van der Waals surface area contributed by atoms with Gasteiger partial charge in [0.15, 0.2) is 0 Å². The van der Waals surface area contributed by atoms with Crippen LogP contribution in [0.1, 0.15) is 24.0 Å². The fourth-order valence-electron chi connectivity index (χ4n) is 2.23. The summed E-state index contributed by atoms with van der Waals surface area (Å²) >= 11 is 3.41. The smallest absolute Gasteiger partial charge is 0.303 e. The average molecular weight is 363 g/mol. The molecule has 0 heterocycles. The molecule has 0 aliphatic rings. The Morgan fingerprint density at radius 1 is 1.09 bits per heavy atom. The molecule has 0 fully saturated rings. The minimum atomic E-state index is -0.796. The molecule has 0 bridgehead atoms. The largest absolute Gasteiger partial charge is 0.493 e. The van der Waals surface area contributed by atoms with Gasteiger partial charge in [0.1, 0.15) is 5.75 Å². The van der Waals surface area contributed by atoms with Crippen LogP contribution < -0.4 is 4.74 Å². The van der Waals surface area contributed by atoms with Gasteiger partial charge in [-0.3, -0.25) is 4.79 Å². The zero-order valence-electron chi connectivity index (χ0n) is 12.3. The molecular weight excluding hydrogens is 344 g/mol. The van der Waals surface area contributed by atoms with Crippen molar-refractivity contribution in [1.82, 2.24) is 0 Å². The number of carboxylic acids is 1. The van der Waals surface area contributed by atoms with Crippen molar-refractivity contribution in [2.45, 2.75) is 25.7 Å². The first kappa shape index (κ1) is 16.6. The number of halogens is 1. The van der Waals surface area contributed by atoms with Gasteiger partial charge in [0.2, 0.25) is 0 Å². The van der Waals surface area contributed by atoms with Crippen LogP contribution in [0, 0.1) is 0 Å². The van der Waals surface area contributed by atoms with E-state index in [1.807, 2.05) is 36.4 Å². The monoisotopic (exact) mass is 362 g/mol. The Kier molecular flexibility index (Phi) is 6.46. The highest BCUT2D eigenvalue weighted by Crippen LogP contribution is 2.24. The molecule has 0 amide bonds. The van der Waals surface area contributed by atoms with Crippen molar-refractivity contribution in [3.05, 3.63) is 64.1 Å². The fourth-order valence-corrected chi connectivity index (χ4v) is 2.64. The van der Waals surface area contributed by atoms with Crippen molar-refractivity contribution in [1.29, 1.82) is 0 Å². The van der Waals surface area contributed by atoms with Crippen molar-refractivity contribution in [3.63, 3.8) is 0 Å². The average Bonchev–Trinajstić information content (AvgIpc) is 2.52. The highest BCUT2D eigenvalue weighted by molar-refractivity contribution is 9.10. The number of carboxylic acid groups (broad SMARTS) is 1. The second kappa shape index (κ2) is 8.59. The van der Waals surface area contributed by atoms with Gasteiger partial charge in [-0.15, -0.1) is 0 Å². The third-order valence-corrected chi connectivity index (χ3v) is 3.83. The summed E-state index contributed by atoms with van der Waals surface area (Å²) in [6.45, 7) is 0.622. The number of aliphatic carboxylic acids is 1. The lowest BCUT2D eigenvalue weighted by molar-refractivity contribution is -0.136. The van der Waals surface area contributed by atoms with Crippen molar-refractivity contribution in [2.75, 3.05) is 6.61 Å². The van der Waals surface area contributed by atoms with E-state index in [1.165, 1.54) is 5.56 Å². The van der Waals surface area contributed by atoms with Crippen LogP contribution in [0.4, 0.5) is 0 Å². The van der Waals surface area contributed by atoms with Crippen LogP contribution in [-0.2, 0) is 17.6 Å². The Morgan fingerprint density at radius 2 is 1.86 bits per heavy atom. The van der Waals surface area contributed by atoms with E-state index in [2.05, 4.69) is 28.1 Å². The lowest BCUT2D eigenvalue weighted by Gasteiger charge is -2.11. The number of ether oxygens (including phenoxy) is 1. The molecule has 0 radical (unpaired) electrons. The molecule has 0 saturated heterocycles. The van der Waals surface area contributed by atoms with Crippen LogP contribution >= 0.6 is 15.9 Å². The maximum Gasteiger partial charge on any atom is 0.303 e. The van der Waals surface area contributed by atoms with Gasteiger partial charge in [0.25, 0.3) is 0 Å². The Balaban J connectivity index is 1.87. The summed E-state index contributed by atoms with van der Waals surface area (Å²) in [5.74, 6) is -0.0208. The van der Waals surface area contributed by atoms with Gasteiger partial charge in [-0.05, 0) is 48.6 Å². The predicted molar refractivity (Wildman–Crippen MR) is 90.4 cm³/mol. The first-order chi connectivity index (χ1) is 10.6. The minimum absolute atomic E-state index is 0.108. The van der Waals surface area contributed by atoms with Gasteiger partial charge in [-0.25, -0.2) is 0 Å². The molecule has 116 valence electrons. The number of benzene rings is 2. The number of rotatable bonds is 8. The molecule has 0 spiro atoms. The molecule has 0 aliphatic heterocycles. The minimum Gasteiger partial charge on any atom is -0.493 e. The molecule has 0 aromatic heterocycles. The summed E-state index contributed by atoms with van der Waals surface area (Å²) in [6.07, 6.45) is 2.49. The number of aryl methyl sites for hydroxylation is 2. The van der Waals surface area contributed by atoms with Gasteiger partial charge in [0.05, 0.1) is 6.61 Å². The Hall–Kier alpha value is -1.81. The van der Waals surface area contributed by atoms with Gasteiger partial charge >= 0.3 is 5.97 Å². The van der Waals surface area contributed by atoms with Crippen LogP contribution in [0.25, 0.3) is 0 Å². The zero-order valence-corrected chi connectivity index (χ0v) is 13.9. The van der Waals surface area contributed by atoms with Gasteiger partial charge in [0, 0.05) is 10.9 Å². The summed E-state index contributed by atoms with van der Waals surface area (Å²) in [5.41, 5.74) is 2.23. The lowest BCUT2D eigenvalue weighted by Crippen LogP contribution is -2.04. The van der Waals surface area contributed by atoms with Crippen molar-refractivity contribution in [2.24, 2.45) is 0 Å². The van der Waals surface area contributed by atoms with Crippen LogP contribution in [0.2, 0.25) is 0 Å². The van der Waals surface area contributed by atoms with Crippen LogP contribution in [-0.4, -0.2) is 17.7 Å². The zero-order chi connectivity index (χ0) is 15.8. The van der Waals surface area contributed by atoms with E-state index >= 15 is 0 Å². The summed E-state index contributed by atoms with van der Waals surface area (Å²) < 4.78 is 6.77. The molecule has 2 aromatic carbocycles. The van der Waals surface area contributed by atoms with E-state index in [9.17, 15) is 4.79 Å². The Labute approximate surface area is 139 Å². The summed E-state index contributed by atoms with van der Waals surface area (Å²) in [5, 5.41) is 8.82. The summed E-state index contributed by atoms with van der Waals surface area (Å²) in [7, 11) is 0. The molecule has 0 aliphatic carbocycles. The molecular formula is C18H19BrO3. The third-order valence-electron chi connectivity index (χ3n) is 3.34. The normalized spacial score (nSPS) is 10.4. The second-order valence-corrected chi connectivity index (χ2v) is 6.00. The Bertz CT molecular complexity index is 611. The van der Waals surface area contributed by atoms with Crippen LogP contribution in [0.5, 0.6) is 5.75 Å².